The van der Waals surface area contributed by atoms with Crippen molar-refractivity contribution in [2.75, 3.05) is 5.32 Å². The summed E-state index contributed by atoms with van der Waals surface area (Å²) >= 11 is 0. The summed E-state index contributed by atoms with van der Waals surface area (Å²) < 4.78 is 4.76. The molecule has 16 heavy (non-hydrogen) atoms. The van der Waals surface area contributed by atoms with Gasteiger partial charge in [-0.3, -0.25) is 0 Å². The lowest BCUT2D eigenvalue weighted by Gasteiger charge is -2.05. The minimum atomic E-state index is 0.747. The highest BCUT2D eigenvalue weighted by atomic mass is 16.5. The molecular weight excluding hydrogens is 200 g/mol. The van der Waals surface area contributed by atoms with Crippen molar-refractivity contribution >= 4 is 5.69 Å². The van der Waals surface area contributed by atoms with Gasteiger partial charge in [0.25, 0.3) is 0 Å². The molecule has 3 heteroatoms. The monoisotopic (exact) mass is 216 g/mol. The smallest absolute Gasteiger partial charge is 0.128 e. The third-order valence-electron chi connectivity index (χ3n) is 2.47. The summed E-state index contributed by atoms with van der Waals surface area (Å²) in [6.45, 7) is 2.94. The number of anilines is 1. The number of aryl methyl sites for hydroxylation is 1. The maximum Gasteiger partial charge on any atom is 0.128 e. The lowest BCUT2D eigenvalue weighted by molar-refractivity contribution is 0.419. The summed E-state index contributed by atoms with van der Waals surface area (Å²) in [5.74, 6) is 0. The molecule has 0 amide bonds. The van der Waals surface area contributed by atoms with Crippen molar-refractivity contribution in [1.29, 1.82) is 0 Å². The van der Waals surface area contributed by atoms with Gasteiger partial charge in [-0.05, 0) is 24.1 Å². The second-order valence-corrected chi connectivity index (χ2v) is 3.83. The minimum absolute atomic E-state index is 0.747. The van der Waals surface area contributed by atoms with Crippen molar-refractivity contribution in [2.24, 2.45) is 0 Å². The molecule has 0 bridgehead atoms. The van der Waals surface area contributed by atoms with Crippen molar-refractivity contribution < 1.29 is 4.52 Å². The Morgan fingerprint density at radius 3 is 2.62 bits per heavy atom. The molecule has 0 radical (unpaired) electrons. The summed E-state index contributed by atoms with van der Waals surface area (Å²) in [5.41, 5.74) is 3.57. The van der Waals surface area contributed by atoms with Crippen LogP contribution in [0.2, 0.25) is 0 Å². The number of nitrogens with one attached hydrogen (secondary N) is 1. The van der Waals surface area contributed by atoms with Crippen LogP contribution in [0.25, 0.3) is 0 Å². The number of hydrogen-bond donors (Lipinski definition) is 1. The number of benzene rings is 1. The second kappa shape index (κ2) is 5.35. The minimum Gasteiger partial charge on any atom is -0.381 e. The molecular formula is C13H16N2O. The van der Waals surface area contributed by atoms with Crippen LogP contribution in [0.5, 0.6) is 0 Å². The van der Waals surface area contributed by atoms with E-state index in [1.54, 1.807) is 12.5 Å². The summed E-state index contributed by atoms with van der Waals surface area (Å²) in [4.78, 5) is 0. The first kappa shape index (κ1) is 10.7. The van der Waals surface area contributed by atoms with Crippen LogP contribution in [0.3, 0.4) is 0 Å². The largest absolute Gasteiger partial charge is 0.381 e. The van der Waals surface area contributed by atoms with E-state index in [-0.39, 0.29) is 0 Å². The summed E-state index contributed by atoms with van der Waals surface area (Å²) in [6, 6.07) is 8.55. The van der Waals surface area contributed by atoms with Gasteiger partial charge >= 0.3 is 0 Å². The highest BCUT2D eigenvalue weighted by Gasteiger charge is 1.96. The van der Waals surface area contributed by atoms with Crippen LogP contribution in [-0.4, -0.2) is 5.16 Å². The van der Waals surface area contributed by atoms with Gasteiger partial charge in [0.2, 0.25) is 0 Å². The van der Waals surface area contributed by atoms with Crippen molar-refractivity contribution in [2.45, 2.75) is 26.3 Å². The summed E-state index contributed by atoms with van der Waals surface area (Å²) in [6.07, 6.45) is 5.70. The molecule has 0 atom stereocenters. The Labute approximate surface area is 95.5 Å². The fourth-order valence-electron chi connectivity index (χ4n) is 1.60. The molecule has 0 fully saturated rings. The van der Waals surface area contributed by atoms with Crippen LogP contribution in [0.1, 0.15) is 24.5 Å². The van der Waals surface area contributed by atoms with E-state index in [9.17, 15) is 0 Å². The lowest BCUT2D eigenvalue weighted by atomic mass is 10.1. The van der Waals surface area contributed by atoms with Crippen LogP contribution in [0, 0.1) is 0 Å². The highest BCUT2D eigenvalue weighted by Crippen LogP contribution is 2.12. The molecule has 0 aliphatic heterocycles. The molecule has 2 rings (SSSR count). The van der Waals surface area contributed by atoms with Crippen LogP contribution >= 0.6 is 0 Å². The Morgan fingerprint density at radius 1 is 1.19 bits per heavy atom. The molecule has 0 aliphatic rings. The van der Waals surface area contributed by atoms with Gasteiger partial charge in [0.05, 0.1) is 6.20 Å². The molecule has 84 valence electrons. The fraction of sp³-hybridized carbons (Fsp3) is 0.308. The molecule has 0 saturated carbocycles. The van der Waals surface area contributed by atoms with Crippen molar-refractivity contribution in [3.63, 3.8) is 0 Å². The number of nitrogens with zero attached hydrogens (tertiary/aromatic N) is 1. The number of aromatic nitrogens is 1. The molecule has 2 aromatic rings. The van der Waals surface area contributed by atoms with Crippen LogP contribution in [-0.2, 0) is 13.0 Å². The van der Waals surface area contributed by atoms with Crippen molar-refractivity contribution in [3.8, 4) is 0 Å². The van der Waals surface area contributed by atoms with Crippen molar-refractivity contribution in [1.82, 2.24) is 5.16 Å². The zero-order chi connectivity index (χ0) is 11.2. The zero-order valence-electron chi connectivity index (χ0n) is 9.44. The van der Waals surface area contributed by atoms with Gasteiger partial charge in [-0.15, -0.1) is 0 Å². The first-order valence-electron chi connectivity index (χ1n) is 5.59. The Kier molecular flexibility index (Phi) is 3.59. The molecule has 0 unspecified atom stereocenters. The molecule has 1 aromatic heterocycles. The standard InChI is InChI=1S/C13H16N2O/c1-2-3-11-4-6-13(7-5-11)14-8-12-9-15-16-10-12/h4-7,9-10,14H,2-3,8H2,1H3. The van der Waals surface area contributed by atoms with Gasteiger partial charge in [0, 0.05) is 17.8 Å². The van der Waals surface area contributed by atoms with E-state index in [0.717, 1.165) is 24.2 Å². The molecule has 3 nitrogen and oxygen atoms in total. The molecule has 1 N–H and O–H groups in total. The van der Waals surface area contributed by atoms with Gasteiger partial charge < -0.3 is 9.84 Å². The fourth-order valence-corrected chi connectivity index (χ4v) is 1.60. The van der Waals surface area contributed by atoms with Gasteiger partial charge in [-0.1, -0.05) is 30.6 Å². The van der Waals surface area contributed by atoms with Gasteiger partial charge in [0.1, 0.15) is 6.26 Å². The molecule has 0 saturated heterocycles. The third kappa shape index (κ3) is 2.86. The van der Waals surface area contributed by atoms with E-state index in [0.29, 0.717) is 0 Å². The lowest BCUT2D eigenvalue weighted by Crippen LogP contribution is -1.98. The molecule has 1 heterocycles. The maximum atomic E-state index is 4.76. The van der Waals surface area contributed by atoms with E-state index < -0.39 is 0 Å². The number of rotatable bonds is 5. The Balaban J connectivity index is 1.90. The predicted octanol–water partition coefficient (Wildman–Crippen LogP) is 3.24. The van der Waals surface area contributed by atoms with E-state index in [2.05, 4.69) is 41.7 Å². The van der Waals surface area contributed by atoms with Crippen LogP contribution in [0.4, 0.5) is 5.69 Å². The third-order valence-corrected chi connectivity index (χ3v) is 2.47. The summed E-state index contributed by atoms with van der Waals surface area (Å²) in [7, 11) is 0. The normalized spacial score (nSPS) is 10.3. The summed E-state index contributed by atoms with van der Waals surface area (Å²) in [5, 5.41) is 6.97. The highest BCUT2D eigenvalue weighted by molar-refractivity contribution is 5.44. The molecule has 0 spiro atoms. The van der Waals surface area contributed by atoms with Crippen LogP contribution < -0.4 is 5.32 Å². The Morgan fingerprint density at radius 2 is 2.00 bits per heavy atom. The predicted molar refractivity (Wildman–Crippen MR) is 64.3 cm³/mol. The topological polar surface area (TPSA) is 38.1 Å². The average molecular weight is 216 g/mol. The first-order chi connectivity index (χ1) is 7.88. The molecule has 0 aliphatic carbocycles. The quantitative estimate of drug-likeness (QED) is 0.833. The zero-order valence-corrected chi connectivity index (χ0v) is 9.44. The van der Waals surface area contributed by atoms with E-state index in [1.165, 1.54) is 12.0 Å². The van der Waals surface area contributed by atoms with Gasteiger partial charge in [-0.25, -0.2) is 0 Å². The number of hydrogen-bond acceptors (Lipinski definition) is 3. The van der Waals surface area contributed by atoms with Gasteiger partial charge in [0.15, 0.2) is 0 Å². The maximum absolute atomic E-state index is 4.76. The molecule has 1 aromatic carbocycles. The second-order valence-electron chi connectivity index (χ2n) is 3.83. The van der Waals surface area contributed by atoms with E-state index in [4.69, 9.17) is 4.52 Å². The van der Waals surface area contributed by atoms with E-state index >= 15 is 0 Å². The van der Waals surface area contributed by atoms with Gasteiger partial charge in [-0.2, -0.15) is 0 Å². The SMILES string of the molecule is CCCc1ccc(NCc2cnoc2)cc1. The average Bonchev–Trinajstić information content (AvgIpc) is 2.82. The van der Waals surface area contributed by atoms with Crippen molar-refractivity contribution in [3.05, 3.63) is 47.9 Å². The first-order valence-corrected chi connectivity index (χ1v) is 5.59. The Bertz CT molecular complexity index is 406. The van der Waals surface area contributed by atoms with E-state index in [1.807, 2.05) is 0 Å². The Hall–Kier alpha value is -1.77. The van der Waals surface area contributed by atoms with Crippen LogP contribution in [0.15, 0.2) is 41.2 Å².